The first-order valence-electron chi connectivity index (χ1n) is 5.76. The van der Waals surface area contributed by atoms with Gasteiger partial charge in [0.15, 0.2) is 11.6 Å². The second kappa shape index (κ2) is 5.25. The summed E-state index contributed by atoms with van der Waals surface area (Å²) in [6.07, 6.45) is 0. The second-order valence-corrected chi connectivity index (χ2v) is 4.94. The smallest absolute Gasteiger partial charge is 0.159 e. The minimum atomic E-state index is -0.946. The first-order chi connectivity index (χ1) is 8.90. The fourth-order valence-electron chi connectivity index (χ4n) is 1.99. The van der Waals surface area contributed by atoms with Crippen LogP contribution in [0.5, 0.6) is 0 Å². The van der Waals surface area contributed by atoms with Crippen molar-refractivity contribution in [3.63, 3.8) is 0 Å². The topological polar surface area (TPSA) is 0 Å². The molecule has 0 nitrogen and oxygen atoms in total. The number of alkyl halides is 1. The Kier molecular flexibility index (Phi) is 3.85. The Morgan fingerprint density at radius 1 is 0.842 bits per heavy atom. The highest BCUT2D eigenvalue weighted by molar-refractivity contribution is 6.22. The SMILES string of the molecule is Cc1cc(C(Cl)c2ccc(F)c(F)c2)cc(C)c1F. The third-order valence-electron chi connectivity index (χ3n) is 2.99. The normalized spacial score (nSPS) is 12.5. The summed E-state index contributed by atoms with van der Waals surface area (Å²) in [7, 11) is 0. The molecule has 0 saturated heterocycles. The average Bonchev–Trinajstić information content (AvgIpc) is 2.37. The van der Waals surface area contributed by atoms with Crippen molar-refractivity contribution >= 4 is 11.6 Å². The molecule has 0 saturated carbocycles. The summed E-state index contributed by atoms with van der Waals surface area (Å²) in [6.45, 7) is 3.28. The van der Waals surface area contributed by atoms with E-state index in [1.165, 1.54) is 6.07 Å². The predicted octanol–water partition coefficient (Wildman–Crippen LogP) is 5.05. The van der Waals surface area contributed by atoms with Gasteiger partial charge in [-0.3, -0.25) is 0 Å². The van der Waals surface area contributed by atoms with Crippen LogP contribution in [0.1, 0.15) is 27.6 Å². The van der Waals surface area contributed by atoms with Gasteiger partial charge in [0.1, 0.15) is 5.82 Å². The Balaban J connectivity index is 2.43. The van der Waals surface area contributed by atoms with Crippen LogP contribution in [-0.4, -0.2) is 0 Å². The Morgan fingerprint density at radius 3 is 1.95 bits per heavy atom. The largest absolute Gasteiger partial charge is 0.206 e. The van der Waals surface area contributed by atoms with Crippen molar-refractivity contribution in [2.24, 2.45) is 0 Å². The van der Waals surface area contributed by atoms with Crippen molar-refractivity contribution in [2.75, 3.05) is 0 Å². The summed E-state index contributed by atoms with van der Waals surface area (Å²) in [5.41, 5.74) is 2.04. The van der Waals surface area contributed by atoms with Crippen LogP contribution < -0.4 is 0 Å². The highest BCUT2D eigenvalue weighted by atomic mass is 35.5. The minimum Gasteiger partial charge on any atom is -0.206 e. The number of halogens is 4. The highest BCUT2D eigenvalue weighted by Crippen LogP contribution is 2.31. The van der Waals surface area contributed by atoms with Crippen molar-refractivity contribution in [1.82, 2.24) is 0 Å². The summed E-state index contributed by atoms with van der Waals surface area (Å²) >= 11 is 6.24. The van der Waals surface area contributed by atoms with Crippen molar-refractivity contribution in [3.05, 3.63) is 70.0 Å². The van der Waals surface area contributed by atoms with Crippen molar-refractivity contribution in [3.8, 4) is 0 Å². The van der Waals surface area contributed by atoms with E-state index >= 15 is 0 Å². The summed E-state index contributed by atoms with van der Waals surface area (Å²) in [6, 6.07) is 6.73. The summed E-state index contributed by atoms with van der Waals surface area (Å²) < 4.78 is 39.6. The lowest BCUT2D eigenvalue weighted by Crippen LogP contribution is -1.99. The van der Waals surface area contributed by atoms with Crippen LogP contribution in [0.25, 0.3) is 0 Å². The van der Waals surface area contributed by atoms with Gasteiger partial charge in [0.25, 0.3) is 0 Å². The number of aryl methyl sites for hydroxylation is 2. The maximum atomic E-state index is 13.5. The first-order valence-corrected chi connectivity index (χ1v) is 6.19. The van der Waals surface area contributed by atoms with Crippen LogP contribution in [0.3, 0.4) is 0 Å². The predicted molar refractivity (Wildman–Crippen MR) is 69.9 cm³/mol. The molecule has 2 aromatic carbocycles. The van der Waals surface area contributed by atoms with E-state index in [9.17, 15) is 13.2 Å². The second-order valence-electron chi connectivity index (χ2n) is 4.50. The average molecular weight is 285 g/mol. The maximum Gasteiger partial charge on any atom is 0.159 e. The molecule has 0 bridgehead atoms. The van der Waals surface area contributed by atoms with Gasteiger partial charge in [-0.1, -0.05) is 18.2 Å². The number of rotatable bonds is 2. The zero-order valence-electron chi connectivity index (χ0n) is 10.5. The molecule has 100 valence electrons. The van der Waals surface area contributed by atoms with Gasteiger partial charge in [-0.25, -0.2) is 13.2 Å². The Labute approximate surface area is 114 Å². The highest BCUT2D eigenvalue weighted by Gasteiger charge is 2.15. The molecule has 1 atom stereocenters. The first kappa shape index (κ1) is 13.9. The quantitative estimate of drug-likeness (QED) is 0.677. The molecule has 2 aromatic rings. The van der Waals surface area contributed by atoms with E-state index in [0.717, 1.165) is 12.1 Å². The molecule has 19 heavy (non-hydrogen) atoms. The molecule has 0 spiro atoms. The summed E-state index contributed by atoms with van der Waals surface area (Å²) in [5.74, 6) is -2.14. The lowest BCUT2D eigenvalue weighted by molar-refractivity contribution is 0.507. The molecular weight excluding hydrogens is 273 g/mol. The Bertz CT molecular complexity index is 600. The van der Waals surface area contributed by atoms with Crippen LogP contribution in [0.15, 0.2) is 30.3 Å². The third kappa shape index (κ3) is 2.76. The fourth-order valence-corrected chi connectivity index (χ4v) is 2.25. The van der Waals surface area contributed by atoms with Gasteiger partial charge in [-0.2, -0.15) is 0 Å². The maximum absolute atomic E-state index is 13.5. The third-order valence-corrected chi connectivity index (χ3v) is 3.49. The van der Waals surface area contributed by atoms with E-state index in [0.29, 0.717) is 22.3 Å². The minimum absolute atomic E-state index is 0.280. The molecule has 0 radical (unpaired) electrons. The monoisotopic (exact) mass is 284 g/mol. The van der Waals surface area contributed by atoms with Gasteiger partial charge in [-0.05, 0) is 48.2 Å². The molecular formula is C15H12ClF3. The van der Waals surface area contributed by atoms with Crippen molar-refractivity contribution in [2.45, 2.75) is 19.2 Å². The molecule has 0 aliphatic heterocycles. The standard InChI is InChI=1S/C15H12ClF3/c1-8-5-11(6-9(2)15(8)19)14(16)10-3-4-12(17)13(18)7-10/h3-7,14H,1-2H3. The van der Waals surface area contributed by atoms with Gasteiger partial charge in [0, 0.05) is 0 Å². The molecule has 0 amide bonds. The van der Waals surface area contributed by atoms with Gasteiger partial charge < -0.3 is 0 Å². The number of hydrogen-bond acceptors (Lipinski definition) is 0. The Morgan fingerprint density at radius 2 is 1.42 bits per heavy atom. The van der Waals surface area contributed by atoms with E-state index in [2.05, 4.69) is 0 Å². The van der Waals surface area contributed by atoms with Gasteiger partial charge in [0.05, 0.1) is 5.38 Å². The summed E-state index contributed by atoms with van der Waals surface area (Å²) in [5, 5.41) is -0.645. The van der Waals surface area contributed by atoms with Crippen molar-refractivity contribution in [1.29, 1.82) is 0 Å². The van der Waals surface area contributed by atoms with E-state index in [1.807, 2.05) is 0 Å². The molecule has 0 fully saturated rings. The fraction of sp³-hybridized carbons (Fsp3) is 0.200. The van der Waals surface area contributed by atoms with Crippen LogP contribution in [-0.2, 0) is 0 Å². The lowest BCUT2D eigenvalue weighted by atomic mass is 9.99. The van der Waals surface area contributed by atoms with Crippen LogP contribution in [0, 0.1) is 31.3 Å². The van der Waals surface area contributed by atoms with E-state index < -0.39 is 17.0 Å². The van der Waals surface area contributed by atoms with E-state index in [4.69, 9.17) is 11.6 Å². The molecule has 0 aliphatic carbocycles. The van der Waals surface area contributed by atoms with Gasteiger partial charge in [0.2, 0.25) is 0 Å². The molecule has 0 aromatic heterocycles. The zero-order chi connectivity index (χ0) is 14.2. The van der Waals surface area contributed by atoms with Gasteiger partial charge >= 0.3 is 0 Å². The molecule has 4 heteroatoms. The molecule has 2 rings (SSSR count). The molecule has 0 aliphatic rings. The lowest BCUT2D eigenvalue weighted by Gasteiger charge is -2.13. The van der Waals surface area contributed by atoms with Gasteiger partial charge in [-0.15, -0.1) is 11.6 Å². The van der Waals surface area contributed by atoms with E-state index in [-0.39, 0.29) is 5.82 Å². The zero-order valence-corrected chi connectivity index (χ0v) is 11.2. The Hall–Kier alpha value is -1.48. The van der Waals surface area contributed by atoms with E-state index in [1.54, 1.807) is 26.0 Å². The molecule has 0 heterocycles. The number of benzene rings is 2. The van der Waals surface area contributed by atoms with Crippen molar-refractivity contribution < 1.29 is 13.2 Å². The van der Waals surface area contributed by atoms with Crippen LogP contribution >= 0.6 is 11.6 Å². The molecule has 1 unspecified atom stereocenters. The summed E-state index contributed by atoms with van der Waals surface area (Å²) in [4.78, 5) is 0. The van der Waals surface area contributed by atoms with Crippen LogP contribution in [0.2, 0.25) is 0 Å². The van der Waals surface area contributed by atoms with Crippen LogP contribution in [0.4, 0.5) is 13.2 Å². The molecule has 0 N–H and O–H groups in total. The number of hydrogen-bond donors (Lipinski definition) is 0.